The molecule has 4 aromatic heterocycles. The number of hydroxylamine groups is 1. The Morgan fingerprint density at radius 3 is 2.57 bits per heavy atom. The zero-order chi connectivity index (χ0) is 28.6. The lowest BCUT2D eigenvalue weighted by Crippen LogP contribution is -2.48. The van der Waals surface area contributed by atoms with E-state index in [0.717, 1.165) is 50.5 Å². The van der Waals surface area contributed by atoms with Gasteiger partial charge in [0.15, 0.2) is 11.6 Å². The number of carbonyl (C=O) groups is 1. The molecule has 1 amide bonds. The van der Waals surface area contributed by atoms with Crippen LogP contribution in [0.25, 0.3) is 32.5 Å². The van der Waals surface area contributed by atoms with Gasteiger partial charge in [-0.2, -0.15) is 5.10 Å². The van der Waals surface area contributed by atoms with E-state index in [1.54, 1.807) is 11.7 Å². The van der Waals surface area contributed by atoms with E-state index in [1.165, 1.54) is 23.7 Å². The number of anilines is 2. The number of fused-ring (bicyclic) bond motifs is 2. The molecule has 42 heavy (non-hydrogen) atoms. The Balaban J connectivity index is 1.15. The molecule has 2 aliphatic heterocycles. The van der Waals surface area contributed by atoms with Gasteiger partial charge in [-0.05, 0) is 12.1 Å². The summed E-state index contributed by atoms with van der Waals surface area (Å²) < 4.78 is 6.54. The van der Waals surface area contributed by atoms with Crippen LogP contribution in [0.5, 0.6) is 0 Å². The number of hydrogen-bond acceptors (Lipinski definition) is 13. The molecule has 1 aromatic carbocycles. The van der Waals surface area contributed by atoms with Gasteiger partial charge in [0.2, 0.25) is 5.95 Å². The summed E-state index contributed by atoms with van der Waals surface area (Å²) in [6, 6.07) is 7.91. The van der Waals surface area contributed by atoms with Gasteiger partial charge in [-0.25, -0.2) is 25.4 Å². The van der Waals surface area contributed by atoms with Gasteiger partial charge in [-0.3, -0.25) is 20.0 Å². The molecule has 2 aliphatic rings. The fraction of sp³-hybridized carbons (Fsp3) is 0.333. The van der Waals surface area contributed by atoms with Gasteiger partial charge in [0.05, 0.1) is 45.6 Å². The molecule has 2 fully saturated rings. The Kier molecular flexibility index (Phi) is 7.09. The summed E-state index contributed by atoms with van der Waals surface area (Å²) in [7, 11) is 0. The van der Waals surface area contributed by atoms with Crippen LogP contribution in [0.15, 0.2) is 42.9 Å². The van der Waals surface area contributed by atoms with Crippen molar-refractivity contribution in [2.75, 3.05) is 62.3 Å². The number of thiophene rings is 1. The van der Waals surface area contributed by atoms with Gasteiger partial charge in [0.25, 0.3) is 5.91 Å². The highest BCUT2D eigenvalue weighted by Crippen LogP contribution is 2.38. The minimum atomic E-state index is -0.804. The highest BCUT2D eigenvalue weighted by atomic mass is 32.1. The zero-order valence-electron chi connectivity index (χ0n) is 22.5. The molecule has 216 valence electrons. The summed E-state index contributed by atoms with van der Waals surface area (Å²) in [4.78, 5) is 37.1. The zero-order valence-corrected chi connectivity index (χ0v) is 23.3. The van der Waals surface area contributed by atoms with Crippen molar-refractivity contribution in [1.29, 1.82) is 0 Å². The molecular formula is C27H28N10O4S. The minimum absolute atomic E-state index is 0.171. The van der Waals surface area contributed by atoms with Gasteiger partial charge in [-0.15, -0.1) is 11.3 Å². The molecule has 14 nitrogen and oxygen atoms in total. The van der Waals surface area contributed by atoms with Gasteiger partial charge < -0.3 is 19.6 Å². The van der Waals surface area contributed by atoms with Crippen LogP contribution in [0.4, 0.5) is 11.8 Å². The van der Waals surface area contributed by atoms with Crippen LogP contribution in [0.2, 0.25) is 0 Å². The maximum absolute atomic E-state index is 11.6. The number of aromatic amines is 1. The molecule has 4 N–H and O–H groups in total. The maximum Gasteiger partial charge on any atom is 0.277 e. The first-order valence-corrected chi connectivity index (χ1v) is 14.4. The van der Waals surface area contributed by atoms with E-state index in [0.29, 0.717) is 51.2 Å². The Morgan fingerprint density at radius 2 is 1.81 bits per heavy atom. The second-order valence-electron chi connectivity index (χ2n) is 10.1. The largest absolute Gasteiger partial charge is 0.378 e. The number of piperazine rings is 1. The number of nitrogens with zero attached hydrogens (tertiary/aromatic N) is 8. The second kappa shape index (κ2) is 11.2. The smallest absolute Gasteiger partial charge is 0.277 e. The molecule has 0 bridgehead atoms. The number of carbonyl (C=O) groups excluding carboxylic acids is 1. The predicted molar refractivity (Wildman–Crippen MR) is 156 cm³/mol. The first kappa shape index (κ1) is 26.6. The van der Waals surface area contributed by atoms with Crippen molar-refractivity contribution in [3.63, 3.8) is 0 Å². The first-order valence-electron chi connectivity index (χ1n) is 13.6. The van der Waals surface area contributed by atoms with E-state index in [9.17, 15) is 9.90 Å². The van der Waals surface area contributed by atoms with Gasteiger partial charge in [0.1, 0.15) is 6.23 Å². The van der Waals surface area contributed by atoms with Crippen LogP contribution in [0.1, 0.15) is 21.5 Å². The number of amides is 1. The number of ether oxygens (including phenoxy) is 1. The van der Waals surface area contributed by atoms with Crippen LogP contribution < -0.4 is 15.3 Å². The first-order chi connectivity index (χ1) is 20.6. The van der Waals surface area contributed by atoms with Crippen LogP contribution in [0.3, 0.4) is 0 Å². The molecule has 5 aromatic rings. The second-order valence-corrected chi connectivity index (χ2v) is 11.2. The van der Waals surface area contributed by atoms with E-state index in [2.05, 4.69) is 25.1 Å². The van der Waals surface area contributed by atoms with E-state index in [-0.39, 0.29) is 5.56 Å². The number of rotatable bonds is 6. The lowest BCUT2D eigenvalue weighted by Gasteiger charge is -2.36. The summed E-state index contributed by atoms with van der Waals surface area (Å²) in [6.45, 7) is 5.10. The Morgan fingerprint density at radius 1 is 1.02 bits per heavy atom. The molecule has 1 atom stereocenters. The van der Waals surface area contributed by atoms with Crippen LogP contribution in [-0.2, 0) is 4.74 Å². The molecule has 0 saturated carbocycles. The lowest BCUT2D eigenvalue weighted by atomic mass is 10.1. The highest BCUT2D eigenvalue weighted by Gasteiger charge is 2.28. The molecule has 0 spiro atoms. The fourth-order valence-electron chi connectivity index (χ4n) is 5.35. The van der Waals surface area contributed by atoms with E-state index in [1.807, 2.05) is 34.1 Å². The van der Waals surface area contributed by atoms with Crippen molar-refractivity contribution >= 4 is 50.1 Å². The van der Waals surface area contributed by atoms with Crippen molar-refractivity contribution in [2.24, 2.45) is 0 Å². The minimum Gasteiger partial charge on any atom is -0.378 e. The van der Waals surface area contributed by atoms with Gasteiger partial charge in [-0.1, -0.05) is 12.1 Å². The quantitative estimate of drug-likeness (QED) is 0.168. The molecule has 0 aliphatic carbocycles. The third-order valence-electron chi connectivity index (χ3n) is 7.61. The Hall–Kier alpha value is -4.28. The molecule has 15 heteroatoms. The number of morpholine rings is 1. The highest BCUT2D eigenvalue weighted by molar-refractivity contribution is 7.19. The molecule has 0 radical (unpaired) electrons. The van der Waals surface area contributed by atoms with Crippen molar-refractivity contribution in [1.82, 2.24) is 40.5 Å². The predicted octanol–water partition coefficient (Wildman–Crippen LogP) is 1.79. The van der Waals surface area contributed by atoms with Crippen LogP contribution in [-0.4, -0.2) is 104 Å². The number of H-pyrrole nitrogens is 1. The number of aliphatic hydroxyl groups excluding tert-OH is 1. The third kappa shape index (κ3) is 4.90. The van der Waals surface area contributed by atoms with E-state index < -0.39 is 12.1 Å². The lowest BCUT2D eigenvalue weighted by molar-refractivity contribution is 0.000981. The summed E-state index contributed by atoms with van der Waals surface area (Å²) in [5.74, 6) is 1.30. The Labute approximate surface area is 243 Å². The van der Waals surface area contributed by atoms with E-state index in [4.69, 9.17) is 19.9 Å². The summed E-state index contributed by atoms with van der Waals surface area (Å²) in [5.41, 5.74) is 4.35. The fourth-order valence-corrected chi connectivity index (χ4v) is 6.48. The van der Waals surface area contributed by atoms with Crippen LogP contribution >= 0.6 is 11.3 Å². The van der Waals surface area contributed by atoms with Crippen molar-refractivity contribution in [3.05, 3.63) is 53.3 Å². The number of benzene rings is 1. The third-order valence-corrected chi connectivity index (χ3v) is 8.77. The molecule has 7 rings (SSSR count). The summed E-state index contributed by atoms with van der Waals surface area (Å²) in [5, 5.41) is 28.4. The van der Waals surface area contributed by atoms with Crippen molar-refractivity contribution < 1.29 is 19.8 Å². The molecule has 1 unspecified atom stereocenters. The summed E-state index contributed by atoms with van der Waals surface area (Å²) >= 11 is 1.52. The standard InChI is InChI=1S/C27H28N10O4S/c38-25(34-40)16-13-28-27(29-14-16)37-6-4-36(5-7-37)26(39)21-12-20-22(42-21)24(35-8-10-41-11-9-35)32-23(31-20)17-2-1-3-19-18(17)15-30-33-19/h1-3,12-15,26,39-40H,4-11H2,(H,30,33)(H,34,38). The average molecular weight is 589 g/mol. The normalized spacial score (nSPS) is 17.2. The number of nitrogens with one attached hydrogen (secondary N) is 2. The summed E-state index contributed by atoms with van der Waals surface area (Å²) in [6.07, 6.45) is 3.74. The average Bonchev–Trinajstić information content (AvgIpc) is 3.72. The topological polar surface area (TPSA) is 169 Å². The maximum atomic E-state index is 11.6. The molecule has 2 saturated heterocycles. The Bertz CT molecular complexity index is 1730. The van der Waals surface area contributed by atoms with Crippen molar-refractivity contribution in [2.45, 2.75) is 6.23 Å². The van der Waals surface area contributed by atoms with Gasteiger partial charge >= 0.3 is 0 Å². The molecular weight excluding hydrogens is 560 g/mol. The van der Waals surface area contributed by atoms with Gasteiger partial charge in [0, 0.05) is 62.6 Å². The SMILES string of the molecule is O=C(NO)c1cnc(N2CCN(C(O)c3cc4nc(-c5cccc6[nH]ncc56)nc(N5CCOCC5)c4s3)CC2)nc1. The number of aliphatic hydroxyl groups is 1. The van der Waals surface area contributed by atoms with E-state index >= 15 is 0 Å². The number of aromatic nitrogens is 6. The van der Waals surface area contributed by atoms with Crippen molar-refractivity contribution in [3.8, 4) is 11.4 Å². The number of hydrogen-bond donors (Lipinski definition) is 4. The molecule has 6 heterocycles. The van der Waals surface area contributed by atoms with Crippen LogP contribution in [0, 0.1) is 0 Å². The monoisotopic (exact) mass is 588 g/mol.